The topological polar surface area (TPSA) is 53.1 Å². The van der Waals surface area contributed by atoms with Crippen molar-refractivity contribution in [2.24, 2.45) is 11.7 Å². The maximum absolute atomic E-state index is 7.30. The fourth-order valence-electron chi connectivity index (χ4n) is 2.83. The van der Waals surface area contributed by atoms with Crippen molar-refractivity contribution in [2.75, 3.05) is 13.1 Å². The number of amidine groups is 1. The minimum Gasteiger partial charge on any atom is -0.388 e. The molecular formula is C13H27N3. The highest BCUT2D eigenvalue weighted by Crippen LogP contribution is 2.29. The van der Waals surface area contributed by atoms with E-state index in [0.29, 0.717) is 5.84 Å². The van der Waals surface area contributed by atoms with Gasteiger partial charge in [-0.25, -0.2) is 0 Å². The van der Waals surface area contributed by atoms with Crippen LogP contribution in [0.2, 0.25) is 0 Å². The van der Waals surface area contributed by atoms with Crippen LogP contribution in [-0.4, -0.2) is 29.9 Å². The summed E-state index contributed by atoms with van der Waals surface area (Å²) in [6.07, 6.45) is 7.52. The zero-order valence-electron chi connectivity index (χ0n) is 10.8. The third-order valence-electron chi connectivity index (χ3n) is 3.92. The fraction of sp³-hybridized carbons (Fsp3) is 0.923. The van der Waals surface area contributed by atoms with Crippen molar-refractivity contribution < 1.29 is 0 Å². The van der Waals surface area contributed by atoms with E-state index in [4.69, 9.17) is 11.1 Å². The van der Waals surface area contributed by atoms with E-state index in [1.807, 2.05) is 0 Å². The normalized spacial score (nSPS) is 25.9. The Balaban J connectivity index is 2.41. The number of nitrogens with zero attached hydrogens (tertiary/aromatic N) is 1. The minimum absolute atomic E-state index is 0.321. The van der Waals surface area contributed by atoms with Gasteiger partial charge in [0.05, 0.1) is 5.84 Å². The first-order chi connectivity index (χ1) is 7.67. The van der Waals surface area contributed by atoms with Crippen molar-refractivity contribution in [3.05, 3.63) is 0 Å². The predicted molar refractivity (Wildman–Crippen MR) is 69.8 cm³/mol. The molecule has 16 heavy (non-hydrogen) atoms. The van der Waals surface area contributed by atoms with Gasteiger partial charge in [0.2, 0.25) is 0 Å². The molecule has 0 aromatic carbocycles. The summed E-state index contributed by atoms with van der Waals surface area (Å²) in [6.45, 7) is 6.58. The molecule has 0 amide bonds. The summed E-state index contributed by atoms with van der Waals surface area (Å²) in [7, 11) is 0. The molecule has 0 aliphatic heterocycles. The van der Waals surface area contributed by atoms with Gasteiger partial charge in [-0.15, -0.1) is 0 Å². The third-order valence-corrected chi connectivity index (χ3v) is 3.92. The van der Waals surface area contributed by atoms with Crippen LogP contribution in [0.5, 0.6) is 0 Å². The smallest absolute Gasteiger partial charge is 0.0918 e. The van der Waals surface area contributed by atoms with Crippen molar-refractivity contribution in [2.45, 2.75) is 58.4 Å². The summed E-state index contributed by atoms with van der Waals surface area (Å²) in [5, 5.41) is 7.30. The van der Waals surface area contributed by atoms with Crippen LogP contribution in [0.15, 0.2) is 0 Å². The van der Waals surface area contributed by atoms with Crippen LogP contribution < -0.4 is 5.73 Å². The molecule has 1 aliphatic rings. The fourth-order valence-corrected chi connectivity index (χ4v) is 2.83. The zero-order valence-corrected chi connectivity index (χ0v) is 10.8. The molecule has 0 aromatic rings. The summed E-state index contributed by atoms with van der Waals surface area (Å²) >= 11 is 0. The number of nitrogens with one attached hydrogen (secondary N) is 1. The lowest BCUT2D eigenvalue weighted by molar-refractivity contribution is 0.137. The molecule has 1 rings (SSSR count). The molecule has 0 saturated heterocycles. The highest BCUT2D eigenvalue weighted by molar-refractivity contribution is 5.76. The van der Waals surface area contributed by atoms with Gasteiger partial charge in [0, 0.05) is 19.0 Å². The lowest BCUT2D eigenvalue weighted by Crippen LogP contribution is -2.40. The van der Waals surface area contributed by atoms with Gasteiger partial charge in [0.15, 0.2) is 0 Å². The monoisotopic (exact) mass is 225 g/mol. The van der Waals surface area contributed by atoms with Gasteiger partial charge in [-0.3, -0.25) is 5.41 Å². The minimum atomic E-state index is 0.321. The Kier molecular flexibility index (Phi) is 5.81. The van der Waals surface area contributed by atoms with Gasteiger partial charge in [0.1, 0.15) is 0 Å². The van der Waals surface area contributed by atoms with Gasteiger partial charge in [-0.05, 0) is 25.3 Å². The SMILES string of the molecule is CCC1CCCC(N(CC)CCC(=N)N)C1. The summed E-state index contributed by atoms with van der Waals surface area (Å²) < 4.78 is 0. The standard InChI is InChI=1S/C13H27N3/c1-3-11-6-5-7-12(10-11)16(4-2)9-8-13(14)15/h11-12H,3-10H2,1-2H3,(H3,14,15). The van der Waals surface area contributed by atoms with Crippen LogP contribution in [0, 0.1) is 11.3 Å². The third kappa shape index (κ3) is 4.12. The summed E-state index contributed by atoms with van der Waals surface area (Å²) in [4.78, 5) is 2.52. The van der Waals surface area contributed by atoms with Crippen LogP contribution in [0.25, 0.3) is 0 Å². The van der Waals surface area contributed by atoms with E-state index in [1.54, 1.807) is 0 Å². The number of hydrogen-bond acceptors (Lipinski definition) is 2. The van der Waals surface area contributed by atoms with Crippen molar-refractivity contribution in [3.8, 4) is 0 Å². The Bertz CT molecular complexity index is 215. The first kappa shape index (κ1) is 13.5. The van der Waals surface area contributed by atoms with Crippen molar-refractivity contribution >= 4 is 5.84 Å². The van der Waals surface area contributed by atoms with Crippen LogP contribution in [0.3, 0.4) is 0 Å². The van der Waals surface area contributed by atoms with E-state index < -0.39 is 0 Å². The molecule has 1 aliphatic carbocycles. The molecule has 3 nitrogen and oxygen atoms in total. The first-order valence-corrected chi connectivity index (χ1v) is 6.74. The van der Waals surface area contributed by atoms with Gasteiger partial charge in [-0.1, -0.05) is 33.1 Å². The maximum Gasteiger partial charge on any atom is 0.0918 e. The summed E-state index contributed by atoms with van der Waals surface area (Å²) in [5.41, 5.74) is 5.44. The van der Waals surface area contributed by atoms with Crippen molar-refractivity contribution in [1.29, 1.82) is 5.41 Å². The quantitative estimate of drug-likeness (QED) is 0.539. The molecule has 3 N–H and O–H groups in total. The number of nitrogens with two attached hydrogens (primary N) is 1. The van der Waals surface area contributed by atoms with Crippen molar-refractivity contribution in [3.63, 3.8) is 0 Å². The molecule has 0 bridgehead atoms. The Labute approximate surface area is 99.9 Å². The summed E-state index contributed by atoms with van der Waals surface area (Å²) in [6, 6.07) is 0.739. The molecule has 0 radical (unpaired) electrons. The lowest BCUT2D eigenvalue weighted by atomic mass is 9.83. The van der Waals surface area contributed by atoms with Crippen LogP contribution in [0.1, 0.15) is 52.4 Å². The van der Waals surface area contributed by atoms with Gasteiger partial charge in [0.25, 0.3) is 0 Å². The largest absolute Gasteiger partial charge is 0.388 e. The lowest BCUT2D eigenvalue weighted by Gasteiger charge is -2.36. The second-order valence-corrected chi connectivity index (χ2v) is 5.00. The molecular weight excluding hydrogens is 198 g/mol. The predicted octanol–water partition coefficient (Wildman–Crippen LogP) is 2.60. The maximum atomic E-state index is 7.30. The molecule has 0 spiro atoms. The molecule has 94 valence electrons. The average Bonchev–Trinajstić information content (AvgIpc) is 2.30. The van der Waals surface area contributed by atoms with E-state index in [9.17, 15) is 0 Å². The van der Waals surface area contributed by atoms with E-state index >= 15 is 0 Å². The Hall–Kier alpha value is -0.570. The molecule has 2 unspecified atom stereocenters. The highest BCUT2D eigenvalue weighted by atomic mass is 15.1. The Morgan fingerprint density at radius 3 is 2.69 bits per heavy atom. The zero-order chi connectivity index (χ0) is 12.0. The summed E-state index contributed by atoms with van der Waals surface area (Å²) in [5.74, 6) is 1.24. The van der Waals surface area contributed by atoms with Gasteiger partial charge < -0.3 is 10.6 Å². The van der Waals surface area contributed by atoms with E-state index in [1.165, 1.54) is 32.1 Å². The van der Waals surface area contributed by atoms with Crippen LogP contribution in [-0.2, 0) is 0 Å². The van der Waals surface area contributed by atoms with Crippen LogP contribution in [0.4, 0.5) is 0 Å². The highest BCUT2D eigenvalue weighted by Gasteiger charge is 2.24. The van der Waals surface area contributed by atoms with Crippen LogP contribution >= 0.6 is 0 Å². The second kappa shape index (κ2) is 6.89. The van der Waals surface area contributed by atoms with Gasteiger partial charge in [-0.2, -0.15) is 0 Å². The van der Waals surface area contributed by atoms with E-state index in [2.05, 4.69) is 18.7 Å². The van der Waals surface area contributed by atoms with Gasteiger partial charge >= 0.3 is 0 Å². The van der Waals surface area contributed by atoms with E-state index in [-0.39, 0.29) is 0 Å². The average molecular weight is 225 g/mol. The second-order valence-electron chi connectivity index (χ2n) is 5.00. The molecule has 1 saturated carbocycles. The molecule has 3 heteroatoms. The molecule has 1 fully saturated rings. The number of hydrogen-bond donors (Lipinski definition) is 2. The Morgan fingerprint density at radius 2 is 2.12 bits per heavy atom. The number of rotatable bonds is 6. The molecule has 0 heterocycles. The first-order valence-electron chi connectivity index (χ1n) is 6.74. The van der Waals surface area contributed by atoms with Crippen molar-refractivity contribution in [1.82, 2.24) is 4.90 Å². The Morgan fingerprint density at radius 1 is 1.38 bits per heavy atom. The van der Waals surface area contributed by atoms with E-state index in [0.717, 1.165) is 31.5 Å². The molecule has 2 atom stereocenters. The molecule has 0 aromatic heterocycles.